The number of ether oxygens (including phenoxy) is 4. The summed E-state index contributed by atoms with van der Waals surface area (Å²) in [6.45, 7) is -0.0134. The molecule has 0 fully saturated rings. The molecule has 1 N–H and O–H groups in total. The van der Waals surface area contributed by atoms with Gasteiger partial charge >= 0.3 is 5.97 Å². The molecule has 160 valence electrons. The van der Waals surface area contributed by atoms with Crippen LogP contribution in [0.4, 0.5) is 0 Å². The summed E-state index contributed by atoms with van der Waals surface area (Å²) in [6, 6.07) is 20.6. The van der Waals surface area contributed by atoms with Gasteiger partial charge in [-0.15, -0.1) is 0 Å². The van der Waals surface area contributed by atoms with E-state index < -0.39 is 5.97 Å². The monoisotopic (exact) mass is 420 g/mol. The molecule has 0 aliphatic heterocycles. The molecule has 0 spiro atoms. The maximum atomic E-state index is 10.6. The van der Waals surface area contributed by atoms with E-state index in [-0.39, 0.29) is 6.61 Å². The number of methoxy groups -OCH3 is 2. The van der Waals surface area contributed by atoms with E-state index in [1.807, 2.05) is 66.7 Å². The molecule has 3 aromatic rings. The highest BCUT2D eigenvalue weighted by Gasteiger charge is 2.04. The zero-order valence-corrected chi connectivity index (χ0v) is 17.4. The van der Waals surface area contributed by atoms with Crippen molar-refractivity contribution in [2.24, 2.45) is 0 Å². The molecule has 0 bridgehead atoms. The first-order chi connectivity index (χ1) is 15.1. The van der Waals surface area contributed by atoms with Crippen molar-refractivity contribution in [1.82, 2.24) is 0 Å². The number of carboxylic acids is 1. The van der Waals surface area contributed by atoms with Crippen LogP contribution in [0.15, 0.2) is 66.7 Å². The average Bonchev–Trinajstić information content (AvgIpc) is 2.81. The maximum absolute atomic E-state index is 10.6. The van der Waals surface area contributed by atoms with E-state index in [2.05, 4.69) is 0 Å². The fourth-order valence-corrected chi connectivity index (χ4v) is 2.79. The van der Waals surface area contributed by atoms with Gasteiger partial charge in [-0.1, -0.05) is 36.4 Å². The van der Waals surface area contributed by atoms with Crippen LogP contribution in [-0.4, -0.2) is 31.9 Å². The van der Waals surface area contributed by atoms with E-state index in [1.54, 1.807) is 26.4 Å². The Morgan fingerprint density at radius 2 is 1.35 bits per heavy atom. The molecule has 0 saturated carbocycles. The van der Waals surface area contributed by atoms with Gasteiger partial charge in [0.1, 0.15) is 29.6 Å². The Kier molecular flexibility index (Phi) is 7.54. The molecule has 0 aliphatic rings. The van der Waals surface area contributed by atoms with Crippen LogP contribution in [0.1, 0.15) is 16.7 Å². The van der Waals surface area contributed by atoms with Crippen molar-refractivity contribution < 1.29 is 28.8 Å². The molecule has 0 aliphatic carbocycles. The van der Waals surface area contributed by atoms with Gasteiger partial charge in [-0.05, 0) is 53.1 Å². The van der Waals surface area contributed by atoms with E-state index in [4.69, 9.17) is 24.1 Å². The summed E-state index contributed by atoms with van der Waals surface area (Å²) in [7, 11) is 3.26. The van der Waals surface area contributed by atoms with Crippen LogP contribution in [-0.2, 0) is 11.4 Å². The lowest BCUT2D eigenvalue weighted by molar-refractivity contribution is -0.139. The van der Waals surface area contributed by atoms with E-state index >= 15 is 0 Å². The average molecular weight is 420 g/mol. The lowest BCUT2D eigenvalue weighted by Crippen LogP contribution is -2.09. The van der Waals surface area contributed by atoms with Crippen molar-refractivity contribution in [3.63, 3.8) is 0 Å². The molecule has 6 nitrogen and oxygen atoms in total. The van der Waals surface area contributed by atoms with Gasteiger partial charge in [0.2, 0.25) is 0 Å². The first-order valence-corrected chi connectivity index (χ1v) is 9.63. The first-order valence-electron chi connectivity index (χ1n) is 9.63. The Balaban J connectivity index is 1.65. The molecule has 0 radical (unpaired) electrons. The van der Waals surface area contributed by atoms with Crippen molar-refractivity contribution in [2.75, 3.05) is 20.8 Å². The van der Waals surface area contributed by atoms with E-state index in [0.29, 0.717) is 23.9 Å². The van der Waals surface area contributed by atoms with Crippen LogP contribution < -0.4 is 18.9 Å². The van der Waals surface area contributed by atoms with E-state index in [1.165, 1.54) is 0 Å². The molecule has 3 rings (SSSR count). The van der Waals surface area contributed by atoms with E-state index in [9.17, 15) is 4.79 Å². The minimum absolute atomic E-state index is 0.355. The third-order valence-corrected chi connectivity index (χ3v) is 4.41. The van der Waals surface area contributed by atoms with Crippen LogP contribution in [0.3, 0.4) is 0 Å². The van der Waals surface area contributed by atoms with Crippen LogP contribution >= 0.6 is 0 Å². The Morgan fingerprint density at radius 1 is 0.742 bits per heavy atom. The lowest BCUT2D eigenvalue weighted by Gasteiger charge is -2.10. The van der Waals surface area contributed by atoms with Gasteiger partial charge in [-0.3, -0.25) is 0 Å². The third kappa shape index (κ3) is 6.82. The van der Waals surface area contributed by atoms with Crippen molar-refractivity contribution in [3.05, 3.63) is 83.4 Å². The van der Waals surface area contributed by atoms with Gasteiger partial charge in [0.05, 0.1) is 14.2 Å². The highest BCUT2D eigenvalue weighted by Crippen LogP contribution is 2.25. The third-order valence-electron chi connectivity index (χ3n) is 4.41. The fourth-order valence-electron chi connectivity index (χ4n) is 2.79. The largest absolute Gasteiger partial charge is 0.497 e. The number of aliphatic carboxylic acids is 1. The Hall–Kier alpha value is -3.93. The molecule has 0 saturated heterocycles. The number of hydrogen-bond acceptors (Lipinski definition) is 5. The van der Waals surface area contributed by atoms with Gasteiger partial charge in [-0.2, -0.15) is 0 Å². The first kappa shape index (κ1) is 21.8. The Bertz CT molecular complexity index is 1020. The molecule has 0 heterocycles. The standard InChI is InChI=1S/C25H24O6/c1-28-21-9-5-18(6-10-21)3-4-20-13-23(29-2)15-24(14-20)30-16-19-7-11-22(12-8-19)31-17-25(26)27/h3-15H,16-17H2,1-2H3,(H,26,27)/b4-3+. The topological polar surface area (TPSA) is 74.2 Å². The van der Waals surface area contributed by atoms with E-state index in [0.717, 1.165) is 22.4 Å². The van der Waals surface area contributed by atoms with Crippen molar-refractivity contribution in [1.29, 1.82) is 0 Å². The summed E-state index contributed by atoms with van der Waals surface area (Å²) < 4.78 is 21.6. The summed E-state index contributed by atoms with van der Waals surface area (Å²) in [6.07, 6.45) is 4.00. The molecular formula is C25H24O6. The second kappa shape index (κ2) is 10.7. The number of hydrogen-bond donors (Lipinski definition) is 1. The number of carbonyl (C=O) groups is 1. The summed E-state index contributed by atoms with van der Waals surface area (Å²) in [5, 5.41) is 8.66. The van der Waals surface area contributed by atoms with Gasteiger partial charge in [0.15, 0.2) is 6.61 Å². The number of carboxylic acid groups (broad SMARTS) is 1. The van der Waals surface area contributed by atoms with Gasteiger partial charge in [0, 0.05) is 6.07 Å². The normalized spacial score (nSPS) is 10.6. The summed E-state index contributed by atoms with van der Waals surface area (Å²) >= 11 is 0. The van der Waals surface area contributed by atoms with Crippen LogP contribution in [0, 0.1) is 0 Å². The zero-order chi connectivity index (χ0) is 22.1. The Labute approximate surface area is 181 Å². The second-order valence-electron chi connectivity index (χ2n) is 6.66. The highest BCUT2D eigenvalue weighted by molar-refractivity contribution is 5.71. The summed E-state index contributed by atoms with van der Waals surface area (Å²) in [5.74, 6) is 1.68. The molecule has 0 atom stereocenters. The predicted molar refractivity (Wildman–Crippen MR) is 119 cm³/mol. The minimum Gasteiger partial charge on any atom is -0.497 e. The van der Waals surface area contributed by atoms with Crippen molar-refractivity contribution in [2.45, 2.75) is 6.61 Å². The Morgan fingerprint density at radius 3 is 2.00 bits per heavy atom. The second-order valence-corrected chi connectivity index (χ2v) is 6.66. The van der Waals surface area contributed by atoms with Gasteiger partial charge in [0.25, 0.3) is 0 Å². The number of benzene rings is 3. The van der Waals surface area contributed by atoms with Crippen molar-refractivity contribution in [3.8, 4) is 23.0 Å². The summed E-state index contributed by atoms with van der Waals surface area (Å²) in [5.41, 5.74) is 2.93. The van der Waals surface area contributed by atoms with Crippen LogP contribution in [0.25, 0.3) is 12.2 Å². The highest BCUT2D eigenvalue weighted by atomic mass is 16.5. The van der Waals surface area contributed by atoms with Crippen LogP contribution in [0.2, 0.25) is 0 Å². The lowest BCUT2D eigenvalue weighted by atomic mass is 10.1. The molecule has 0 aromatic heterocycles. The van der Waals surface area contributed by atoms with Gasteiger partial charge in [-0.25, -0.2) is 4.79 Å². The van der Waals surface area contributed by atoms with Crippen molar-refractivity contribution >= 4 is 18.1 Å². The molecule has 6 heteroatoms. The molecule has 3 aromatic carbocycles. The molecule has 0 unspecified atom stereocenters. The minimum atomic E-state index is -1.01. The molecule has 0 amide bonds. The predicted octanol–water partition coefficient (Wildman–Crippen LogP) is 4.92. The van der Waals surface area contributed by atoms with Crippen LogP contribution in [0.5, 0.6) is 23.0 Å². The summed E-state index contributed by atoms with van der Waals surface area (Å²) in [4.78, 5) is 10.6. The number of rotatable bonds is 10. The molecular weight excluding hydrogens is 396 g/mol. The SMILES string of the molecule is COc1ccc(/C=C/c2cc(OC)cc(OCc3ccc(OCC(=O)O)cc3)c2)cc1. The molecule has 31 heavy (non-hydrogen) atoms. The quantitative estimate of drug-likeness (QED) is 0.470. The fraction of sp³-hybridized carbons (Fsp3) is 0.160. The van der Waals surface area contributed by atoms with Gasteiger partial charge < -0.3 is 24.1 Å². The zero-order valence-electron chi connectivity index (χ0n) is 17.4. The maximum Gasteiger partial charge on any atom is 0.341 e. The smallest absolute Gasteiger partial charge is 0.341 e.